The number of nitrogens with one attached hydrogen (secondary N) is 1. The molecule has 0 amide bonds. The molecule has 0 aromatic carbocycles. The molecular weight excluding hydrogens is 208 g/mol. The maximum absolute atomic E-state index is 3.49. The van der Waals surface area contributed by atoms with Crippen LogP contribution in [-0.2, 0) is 0 Å². The molecule has 2 heteroatoms. The fourth-order valence-corrected chi connectivity index (χ4v) is 2.56. The average Bonchev–Trinajstić information content (AvgIpc) is 2.25. The Morgan fingerprint density at radius 3 is 2.18 bits per heavy atom. The molecule has 0 aliphatic carbocycles. The highest BCUT2D eigenvalue weighted by molar-refractivity contribution is 4.63. The van der Waals surface area contributed by atoms with E-state index in [9.17, 15) is 0 Å². The highest BCUT2D eigenvalue weighted by atomic mass is 15.1. The lowest BCUT2D eigenvalue weighted by atomic mass is 10.1. The average molecular weight is 240 g/mol. The van der Waals surface area contributed by atoms with Gasteiger partial charge in [0.25, 0.3) is 0 Å². The smallest absolute Gasteiger partial charge is 0.00103 e. The number of likely N-dealkylation sites (tertiary alicyclic amines) is 1. The molecule has 0 aromatic heterocycles. The lowest BCUT2D eigenvalue weighted by molar-refractivity contribution is 0.242. The zero-order valence-corrected chi connectivity index (χ0v) is 12.0. The van der Waals surface area contributed by atoms with Crippen molar-refractivity contribution in [3.05, 3.63) is 0 Å². The van der Waals surface area contributed by atoms with E-state index in [1.807, 2.05) is 0 Å². The number of rotatable bonds is 7. The monoisotopic (exact) mass is 240 g/mol. The highest BCUT2D eigenvalue weighted by Crippen LogP contribution is 2.11. The lowest BCUT2D eigenvalue weighted by Gasteiger charge is -2.24. The number of nitrogens with zero attached hydrogens (tertiary/aromatic N) is 1. The summed E-state index contributed by atoms with van der Waals surface area (Å²) in [7, 11) is 0. The first-order valence-electron chi connectivity index (χ1n) is 7.75. The lowest BCUT2D eigenvalue weighted by Crippen LogP contribution is -2.28. The van der Waals surface area contributed by atoms with E-state index >= 15 is 0 Å². The summed E-state index contributed by atoms with van der Waals surface area (Å²) in [5.74, 6) is 0. The van der Waals surface area contributed by atoms with Crippen molar-refractivity contribution in [2.75, 3.05) is 26.2 Å². The first kappa shape index (κ1) is 15.0. The van der Waals surface area contributed by atoms with Crippen LogP contribution in [0.4, 0.5) is 0 Å². The van der Waals surface area contributed by atoms with E-state index in [0.29, 0.717) is 6.04 Å². The topological polar surface area (TPSA) is 15.3 Å². The van der Waals surface area contributed by atoms with E-state index in [2.05, 4.69) is 24.1 Å². The minimum Gasteiger partial charge on any atom is -0.315 e. The molecule has 1 fully saturated rings. The third-order valence-corrected chi connectivity index (χ3v) is 3.65. The third kappa shape index (κ3) is 8.62. The second-order valence-corrected chi connectivity index (χ2v) is 5.78. The minimum atomic E-state index is 0.643. The van der Waals surface area contributed by atoms with Crippen LogP contribution < -0.4 is 5.32 Å². The Bertz CT molecular complexity index is 160. The summed E-state index contributed by atoms with van der Waals surface area (Å²) in [5, 5.41) is 3.49. The largest absolute Gasteiger partial charge is 0.315 e. The van der Waals surface area contributed by atoms with Gasteiger partial charge in [0.1, 0.15) is 0 Å². The summed E-state index contributed by atoms with van der Waals surface area (Å²) in [4.78, 5) is 2.69. The van der Waals surface area contributed by atoms with Crippen LogP contribution in [0.15, 0.2) is 0 Å². The van der Waals surface area contributed by atoms with Gasteiger partial charge >= 0.3 is 0 Å². The molecule has 0 bridgehead atoms. The normalized spacial score (nSPS) is 19.2. The Hall–Kier alpha value is -0.0800. The quantitative estimate of drug-likeness (QED) is 0.686. The first-order valence-corrected chi connectivity index (χ1v) is 7.75. The van der Waals surface area contributed by atoms with Crippen LogP contribution in [0.25, 0.3) is 0 Å². The van der Waals surface area contributed by atoms with Gasteiger partial charge in [-0.3, -0.25) is 0 Å². The fraction of sp³-hybridized carbons (Fsp3) is 1.00. The van der Waals surface area contributed by atoms with Crippen molar-refractivity contribution >= 4 is 0 Å². The summed E-state index contributed by atoms with van der Waals surface area (Å²) in [5.41, 5.74) is 0. The molecule has 0 saturated carbocycles. The summed E-state index contributed by atoms with van der Waals surface area (Å²) >= 11 is 0. The molecule has 0 atom stereocenters. The molecule has 1 aliphatic rings. The molecule has 0 aromatic rings. The van der Waals surface area contributed by atoms with Crippen LogP contribution >= 0.6 is 0 Å². The molecule has 102 valence electrons. The number of hydrogen-bond donors (Lipinski definition) is 1. The third-order valence-electron chi connectivity index (χ3n) is 3.65. The molecule has 1 aliphatic heterocycles. The fourth-order valence-electron chi connectivity index (χ4n) is 2.56. The van der Waals surface area contributed by atoms with Crippen molar-refractivity contribution in [3.63, 3.8) is 0 Å². The predicted molar refractivity (Wildman–Crippen MR) is 76.5 cm³/mol. The Labute approximate surface area is 108 Å². The second-order valence-electron chi connectivity index (χ2n) is 5.78. The van der Waals surface area contributed by atoms with Gasteiger partial charge in [0.2, 0.25) is 0 Å². The van der Waals surface area contributed by atoms with E-state index in [4.69, 9.17) is 0 Å². The zero-order valence-electron chi connectivity index (χ0n) is 12.0. The van der Waals surface area contributed by atoms with E-state index in [0.717, 1.165) is 0 Å². The molecule has 1 saturated heterocycles. The Morgan fingerprint density at radius 2 is 1.53 bits per heavy atom. The van der Waals surface area contributed by atoms with Crippen molar-refractivity contribution in [3.8, 4) is 0 Å². The minimum absolute atomic E-state index is 0.643. The van der Waals surface area contributed by atoms with Crippen LogP contribution in [0, 0.1) is 0 Å². The van der Waals surface area contributed by atoms with E-state index in [1.54, 1.807) is 0 Å². The molecule has 1 rings (SSSR count). The van der Waals surface area contributed by atoms with E-state index in [-0.39, 0.29) is 0 Å². The molecular formula is C15H32N2. The van der Waals surface area contributed by atoms with Crippen molar-refractivity contribution in [2.24, 2.45) is 0 Å². The molecule has 1 N–H and O–H groups in total. The van der Waals surface area contributed by atoms with Crippen molar-refractivity contribution in [1.29, 1.82) is 0 Å². The molecule has 1 heterocycles. The summed E-state index contributed by atoms with van der Waals surface area (Å²) in [6, 6.07) is 0.643. The Kier molecular flexibility index (Phi) is 8.72. The van der Waals surface area contributed by atoms with Crippen LogP contribution in [-0.4, -0.2) is 37.1 Å². The zero-order chi connectivity index (χ0) is 12.3. The van der Waals surface area contributed by atoms with Crippen molar-refractivity contribution < 1.29 is 0 Å². The summed E-state index contributed by atoms with van der Waals surface area (Å²) in [6.45, 7) is 9.67. The Morgan fingerprint density at radius 1 is 0.882 bits per heavy atom. The van der Waals surface area contributed by atoms with E-state index in [1.165, 1.54) is 77.5 Å². The van der Waals surface area contributed by atoms with Gasteiger partial charge in [-0.25, -0.2) is 0 Å². The maximum atomic E-state index is 3.49. The maximum Gasteiger partial charge on any atom is 0.00103 e. The molecule has 0 radical (unpaired) electrons. The Balaban J connectivity index is 1.93. The van der Waals surface area contributed by atoms with Gasteiger partial charge in [-0.05, 0) is 51.9 Å². The van der Waals surface area contributed by atoms with Crippen molar-refractivity contribution in [2.45, 2.75) is 71.3 Å². The van der Waals surface area contributed by atoms with Crippen molar-refractivity contribution in [1.82, 2.24) is 10.2 Å². The van der Waals surface area contributed by atoms with Gasteiger partial charge < -0.3 is 10.2 Å². The number of unbranched alkanes of at least 4 members (excludes halogenated alkanes) is 2. The summed E-state index contributed by atoms with van der Waals surface area (Å²) < 4.78 is 0. The van der Waals surface area contributed by atoms with Gasteiger partial charge in [-0.1, -0.05) is 39.5 Å². The van der Waals surface area contributed by atoms with Crippen LogP contribution in [0.5, 0.6) is 0 Å². The van der Waals surface area contributed by atoms with Crippen LogP contribution in [0.2, 0.25) is 0 Å². The van der Waals surface area contributed by atoms with Gasteiger partial charge in [-0.2, -0.15) is 0 Å². The molecule has 2 nitrogen and oxygen atoms in total. The van der Waals surface area contributed by atoms with Gasteiger partial charge in [0, 0.05) is 6.04 Å². The van der Waals surface area contributed by atoms with Crippen LogP contribution in [0.1, 0.15) is 65.2 Å². The molecule has 0 unspecified atom stereocenters. The van der Waals surface area contributed by atoms with Gasteiger partial charge in [0.15, 0.2) is 0 Å². The molecule has 0 spiro atoms. The highest BCUT2D eigenvalue weighted by Gasteiger charge is 2.07. The van der Waals surface area contributed by atoms with Gasteiger partial charge in [0.05, 0.1) is 0 Å². The predicted octanol–water partition coefficient (Wildman–Crippen LogP) is 3.42. The SMILES string of the molecule is CC(C)NCCCCCN1CCCCCCC1. The summed E-state index contributed by atoms with van der Waals surface area (Å²) in [6.07, 6.45) is 11.3. The first-order chi connectivity index (χ1) is 8.29. The van der Waals surface area contributed by atoms with E-state index < -0.39 is 0 Å². The molecule has 17 heavy (non-hydrogen) atoms. The standard InChI is InChI=1S/C15H32N2/c1-15(2)16-11-7-6-10-14-17-12-8-4-3-5-9-13-17/h15-16H,3-14H2,1-2H3. The number of hydrogen-bond acceptors (Lipinski definition) is 2. The van der Waals surface area contributed by atoms with Crippen LogP contribution in [0.3, 0.4) is 0 Å². The second kappa shape index (κ2) is 9.90. The van der Waals surface area contributed by atoms with Gasteiger partial charge in [-0.15, -0.1) is 0 Å².